The fraction of sp³-hybridized carbons (Fsp3) is 0.429. The third-order valence-electron chi connectivity index (χ3n) is 5.57. The summed E-state index contributed by atoms with van der Waals surface area (Å²) in [5.41, 5.74) is 9.49. The maximum atomic E-state index is 12.5. The van der Waals surface area contributed by atoms with E-state index in [2.05, 4.69) is 51.4 Å². The summed E-state index contributed by atoms with van der Waals surface area (Å²) in [6.07, 6.45) is 7.60. The van der Waals surface area contributed by atoms with Gasteiger partial charge in [-0.3, -0.25) is 9.69 Å². The highest BCUT2D eigenvalue weighted by atomic mass is 16.2. The molecule has 0 radical (unpaired) electrons. The molecule has 2 aliphatic rings. The molecule has 1 amide bonds. The molecule has 1 fully saturated rings. The molecule has 0 atom stereocenters. The molecule has 28 heavy (non-hydrogen) atoms. The summed E-state index contributed by atoms with van der Waals surface area (Å²) in [6.45, 7) is 9.50. The number of nitrogens with one attached hydrogen (secondary N) is 2. The molecular formula is C21H26N6O. The standard InChI is InChI=1S/C21H26N6O/c1-4-27(5-2)12-17-13(3)24-18(19(17)14-6-7-14)10-16-20(25-26-21(16)28)15-8-9-22-23-11-15/h8-11,14,24H,4-7,12H2,1-3H3,(H,26,28). The maximum absolute atomic E-state index is 12.5. The van der Waals surface area contributed by atoms with Crippen molar-refractivity contribution in [2.24, 2.45) is 5.10 Å². The zero-order chi connectivity index (χ0) is 19.7. The van der Waals surface area contributed by atoms with Crippen LogP contribution >= 0.6 is 0 Å². The molecule has 7 heteroatoms. The maximum Gasteiger partial charge on any atom is 0.273 e. The van der Waals surface area contributed by atoms with Gasteiger partial charge in [-0.2, -0.15) is 15.3 Å². The first-order chi connectivity index (χ1) is 13.6. The average molecular weight is 378 g/mol. The second-order valence-corrected chi connectivity index (χ2v) is 7.38. The monoisotopic (exact) mass is 378 g/mol. The molecule has 4 rings (SSSR count). The van der Waals surface area contributed by atoms with Crippen LogP contribution in [0, 0.1) is 6.92 Å². The highest BCUT2D eigenvalue weighted by Crippen LogP contribution is 2.45. The largest absolute Gasteiger partial charge is 0.359 e. The molecule has 3 heterocycles. The Morgan fingerprint density at radius 3 is 2.68 bits per heavy atom. The third kappa shape index (κ3) is 3.49. The van der Waals surface area contributed by atoms with Gasteiger partial charge in [0, 0.05) is 23.5 Å². The second-order valence-electron chi connectivity index (χ2n) is 7.38. The van der Waals surface area contributed by atoms with Gasteiger partial charge in [0.05, 0.1) is 18.0 Å². The molecule has 7 nitrogen and oxygen atoms in total. The van der Waals surface area contributed by atoms with Gasteiger partial charge in [0.1, 0.15) is 5.71 Å². The van der Waals surface area contributed by atoms with E-state index in [1.807, 2.05) is 12.1 Å². The van der Waals surface area contributed by atoms with Crippen molar-refractivity contribution in [3.63, 3.8) is 0 Å². The Balaban J connectivity index is 1.75. The summed E-state index contributed by atoms with van der Waals surface area (Å²) in [5, 5.41) is 11.9. The van der Waals surface area contributed by atoms with Gasteiger partial charge in [0.2, 0.25) is 0 Å². The number of carbonyl (C=O) groups excluding carboxylic acids is 1. The predicted octanol–water partition coefficient (Wildman–Crippen LogP) is 2.75. The Labute approximate surface area is 164 Å². The van der Waals surface area contributed by atoms with Crippen LogP contribution in [0.5, 0.6) is 0 Å². The minimum absolute atomic E-state index is 0.189. The number of H-pyrrole nitrogens is 1. The Morgan fingerprint density at radius 1 is 1.25 bits per heavy atom. The minimum atomic E-state index is -0.189. The van der Waals surface area contributed by atoms with Crippen LogP contribution in [0.1, 0.15) is 60.7 Å². The zero-order valence-corrected chi connectivity index (χ0v) is 16.6. The first kappa shape index (κ1) is 18.6. The van der Waals surface area contributed by atoms with Gasteiger partial charge in [-0.25, -0.2) is 5.43 Å². The number of rotatable bonds is 7. The quantitative estimate of drug-likeness (QED) is 0.726. The SMILES string of the molecule is CCN(CC)Cc1c(C)[nH]c(C=C2C(=O)NN=C2c2ccnnc2)c1C1CC1. The molecule has 0 aromatic carbocycles. The number of hydrazone groups is 1. The van der Waals surface area contributed by atoms with Crippen molar-refractivity contribution in [2.75, 3.05) is 13.1 Å². The lowest BCUT2D eigenvalue weighted by atomic mass is 9.99. The van der Waals surface area contributed by atoms with Crippen LogP contribution in [0.4, 0.5) is 0 Å². The predicted molar refractivity (Wildman–Crippen MR) is 109 cm³/mol. The van der Waals surface area contributed by atoms with Crippen LogP contribution in [0.2, 0.25) is 0 Å². The van der Waals surface area contributed by atoms with E-state index in [1.165, 1.54) is 29.7 Å². The van der Waals surface area contributed by atoms with Gasteiger partial charge in [-0.15, -0.1) is 0 Å². The number of amides is 1. The van der Waals surface area contributed by atoms with Crippen LogP contribution in [-0.4, -0.2) is 44.8 Å². The van der Waals surface area contributed by atoms with Gasteiger partial charge in [-0.05, 0) is 62.0 Å². The summed E-state index contributed by atoms with van der Waals surface area (Å²) in [6, 6.07) is 1.81. The Hall–Kier alpha value is -2.80. The molecule has 2 N–H and O–H groups in total. The molecule has 0 unspecified atom stereocenters. The van der Waals surface area contributed by atoms with Gasteiger partial charge >= 0.3 is 0 Å². The first-order valence-corrected chi connectivity index (χ1v) is 9.93. The molecule has 1 aliphatic heterocycles. The van der Waals surface area contributed by atoms with E-state index in [4.69, 9.17) is 0 Å². The number of hydrogen-bond acceptors (Lipinski definition) is 5. The molecule has 1 aliphatic carbocycles. The lowest BCUT2D eigenvalue weighted by Gasteiger charge is -2.19. The molecule has 146 valence electrons. The van der Waals surface area contributed by atoms with Gasteiger partial charge in [0.15, 0.2) is 0 Å². The van der Waals surface area contributed by atoms with Crippen LogP contribution in [0.25, 0.3) is 6.08 Å². The third-order valence-corrected chi connectivity index (χ3v) is 5.57. The van der Waals surface area contributed by atoms with E-state index in [0.29, 0.717) is 17.2 Å². The number of aromatic nitrogens is 3. The Kier molecular flexibility index (Phi) is 5.09. The molecule has 1 saturated carbocycles. The normalized spacial score (nSPS) is 18.1. The van der Waals surface area contributed by atoms with Crippen LogP contribution in [0.3, 0.4) is 0 Å². The van der Waals surface area contributed by atoms with Gasteiger partial charge < -0.3 is 4.98 Å². The Bertz CT molecular complexity index is 935. The molecule has 0 spiro atoms. The van der Waals surface area contributed by atoms with Crippen LogP contribution in [0.15, 0.2) is 29.1 Å². The lowest BCUT2D eigenvalue weighted by molar-refractivity contribution is -0.116. The van der Waals surface area contributed by atoms with E-state index >= 15 is 0 Å². The van der Waals surface area contributed by atoms with Crippen molar-refractivity contribution < 1.29 is 4.79 Å². The number of nitrogens with zero attached hydrogens (tertiary/aromatic N) is 4. The highest BCUT2D eigenvalue weighted by molar-refractivity contribution is 6.33. The van der Waals surface area contributed by atoms with Gasteiger partial charge in [-0.1, -0.05) is 13.8 Å². The lowest BCUT2D eigenvalue weighted by Crippen LogP contribution is -2.22. The molecule has 0 saturated heterocycles. The molecule has 2 aromatic rings. The number of aryl methyl sites for hydroxylation is 1. The Morgan fingerprint density at radius 2 is 2.04 bits per heavy atom. The summed E-state index contributed by atoms with van der Waals surface area (Å²) in [4.78, 5) is 18.4. The summed E-state index contributed by atoms with van der Waals surface area (Å²) < 4.78 is 0. The van der Waals surface area contributed by atoms with Crippen LogP contribution < -0.4 is 5.43 Å². The number of hydrogen-bond donors (Lipinski definition) is 2. The average Bonchev–Trinajstić information content (AvgIpc) is 3.42. The highest BCUT2D eigenvalue weighted by Gasteiger charge is 2.32. The summed E-state index contributed by atoms with van der Waals surface area (Å²) in [7, 11) is 0. The van der Waals surface area contributed by atoms with Crippen molar-refractivity contribution in [1.82, 2.24) is 25.5 Å². The molecular weight excluding hydrogens is 352 g/mol. The second kappa shape index (κ2) is 7.67. The fourth-order valence-corrected chi connectivity index (χ4v) is 3.80. The van der Waals surface area contributed by atoms with E-state index < -0.39 is 0 Å². The van der Waals surface area contributed by atoms with Crippen molar-refractivity contribution in [2.45, 2.75) is 46.1 Å². The summed E-state index contributed by atoms with van der Waals surface area (Å²) >= 11 is 0. The number of aromatic amines is 1. The minimum Gasteiger partial charge on any atom is -0.359 e. The van der Waals surface area contributed by atoms with Gasteiger partial charge in [0.25, 0.3) is 5.91 Å². The smallest absolute Gasteiger partial charge is 0.273 e. The van der Waals surface area contributed by atoms with Crippen molar-refractivity contribution in [3.05, 3.63) is 52.1 Å². The van der Waals surface area contributed by atoms with E-state index in [9.17, 15) is 4.79 Å². The van der Waals surface area contributed by atoms with E-state index in [-0.39, 0.29) is 5.91 Å². The van der Waals surface area contributed by atoms with Crippen molar-refractivity contribution in [1.29, 1.82) is 0 Å². The van der Waals surface area contributed by atoms with E-state index in [0.717, 1.165) is 30.9 Å². The van der Waals surface area contributed by atoms with E-state index in [1.54, 1.807) is 12.4 Å². The zero-order valence-electron chi connectivity index (χ0n) is 16.6. The summed E-state index contributed by atoms with van der Waals surface area (Å²) in [5.74, 6) is 0.390. The number of carbonyl (C=O) groups is 1. The topological polar surface area (TPSA) is 86.3 Å². The van der Waals surface area contributed by atoms with Crippen molar-refractivity contribution in [3.8, 4) is 0 Å². The van der Waals surface area contributed by atoms with Crippen molar-refractivity contribution >= 4 is 17.7 Å². The fourth-order valence-electron chi connectivity index (χ4n) is 3.80. The molecule has 0 bridgehead atoms. The first-order valence-electron chi connectivity index (χ1n) is 9.93. The van der Waals surface area contributed by atoms with Crippen LogP contribution in [-0.2, 0) is 11.3 Å². The molecule has 2 aromatic heterocycles.